The van der Waals surface area contributed by atoms with Crippen molar-refractivity contribution >= 4 is 28.2 Å². The molecule has 0 unspecified atom stereocenters. The van der Waals surface area contributed by atoms with Gasteiger partial charge in [0.2, 0.25) is 0 Å². The van der Waals surface area contributed by atoms with Crippen LogP contribution in [-0.2, 0) is 12.8 Å². The van der Waals surface area contributed by atoms with Crippen LogP contribution in [0.25, 0.3) is 0 Å². The molecule has 1 aromatic heterocycles. The molecule has 4 rings (SSSR count). The fraction of sp³-hybridized carbons (Fsp3) is 0.500. The highest BCUT2D eigenvalue weighted by molar-refractivity contribution is 7.15. The second kappa shape index (κ2) is 7.66. The zero-order valence-electron chi connectivity index (χ0n) is 15.3. The maximum atomic E-state index is 12.6. The van der Waals surface area contributed by atoms with Gasteiger partial charge in [0.25, 0.3) is 0 Å². The second-order valence-electron chi connectivity index (χ2n) is 7.19. The van der Waals surface area contributed by atoms with Crippen molar-refractivity contribution in [1.29, 1.82) is 0 Å². The average molecular weight is 371 g/mol. The molecule has 2 aliphatic rings. The lowest BCUT2D eigenvalue weighted by molar-refractivity contribution is 0.208. The number of hydrogen-bond acceptors (Lipinski definition) is 4. The number of nitrogens with one attached hydrogen (secondary N) is 1. The summed E-state index contributed by atoms with van der Waals surface area (Å²) in [6.45, 7) is 5.33. The highest BCUT2D eigenvalue weighted by Crippen LogP contribution is 2.29. The van der Waals surface area contributed by atoms with Gasteiger partial charge in [-0.25, -0.2) is 9.78 Å². The number of fused-ring (bicyclic) bond motifs is 1. The van der Waals surface area contributed by atoms with Gasteiger partial charge >= 0.3 is 6.03 Å². The first-order valence-electron chi connectivity index (χ1n) is 9.55. The lowest BCUT2D eigenvalue weighted by atomic mass is 10.2. The molecule has 2 heterocycles. The van der Waals surface area contributed by atoms with Crippen molar-refractivity contribution in [2.24, 2.45) is 0 Å². The summed E-state index contributed by atoms with van der Waals surface area (Å²) in [5, 5.41) is 3.80. The predicted octanol–water partition coefficient (Wildman–Crippen LogP) is 4.07. The number of thiazole rings is 1. The van der Waals surface area contributed by atoms with E-state index < -0.39 is 0 Å². The number of aromatic nitrogens is 1. The molecule has 0 bridgehead atoms. The van der Waals surface area contributed by atoms with Crippen molar-refractivity contribution in [2.45, 2.75) is 39.0 Å². The first-order valence-corrected chi connectivity index (χ1v) is 10.4. The monoisotopic (exact) mass is 370 g/mol. The summed E-state index contributed by atoms with van der Waals surface area (Å²) in [6, 6.07) is 8.54. The van der Waals surface area contributed by atoms with E-state index in [0.717, 1.165) is 44.2 Å². The highest BCUT2D eigenvalue weighted by Gasteiger charge is 2.23. The molecule has 1 N–H and O–H groups in total. The first-order chi connectivity index (χ1) is 12.7. The minimum absolute atomic E-state index is 0.0159. The Morgan fingerprint density at radius 3 is 2.73 bits per heavy atom. The molecule has 0 radical (unpaired) electrons. The average Bonchev–Trinajstić information content (AvgIpc) is 2.90. The van der Waals surface area contributed by atoms with Crippen molar-refractivity contribution in [3.8, 4) is 0 Å². The third-order valence-corrected chi connectivity index (χ3v) is 6.32. The van der Waals surface area contributed by atoms with E-state index in [4.69, 9.17) is 0 Å². The largest absolute Gasteiger partial charge is 0.368 e. The molecule has 1 saturated heterocycles. The maximum Gasteiger partial charge on any atom is 0.323 e. The number of piperazine rings is 1. The van der Waals surface area contributed by atoms with Crippen molar-refractivity contribution in [3.63, 3.8) is 0 Å². The molecule has 26 heavy (non-hydrogen) atoms. The molecule has 0 saturated carbocycles. The summed E-state index contributed by atoms with van der Waals surface area (Å²) >= 11 is 1.66. The zero-order chi connectivity index (χ0) is 17.9. The van der Waals surface area contributed by atoms with Crippen LogP contribution in [0, 0.1) is 6.92 Å². The second-order valence-corrected chi connectivity index (χ2v) is 8.28. The third-order valence-electron chi connectivity index (χ3n) is 5.24. The summed E-state index contributed by atoms with van der Waals surface area (Å²) in [7, 11) is 0. The van der Waals surface area contributed by atoms with Crippen molar-refractivity contribution in [2.75, 3.05) is 36.4 Å². The fourth-order valence-electron chi connectivity index (χ4n) is 3.75. The standard InChI is InChI=1S/C20H26N4OS/c1-15-6-5-7-16(14-15)23-10-12-24(13-11-23)20(25)22-19-21-17-8-3-2-4-9-18(17)26-19/h5-7,14H,2-4,8-13H2,1H3,(H,21,22,25). The van der Waals surface area contributed by atoms with Gasteiger partial charge in [0.15, 0.2) is 5.13 Å². The van der Waals surface area contributed by atoms with Gasteiger partial charge in [-0.3, -0.25) is 5.32 Å². The number of rotatable bonds is 2. The van der Waals surface area contributed by atoms with Crippen LogP contribution in [-0.4, -0.2) is 42.1 Å². The maximum absolute atomic E-state index is 12.6. The van der Waals surface area contributed by atoms with E-state index in [1.807, 2.05) is 4.90 Å². The number of amides is 2. The Balaban J connectivity index is 1.34. The SMILES string of the molecule is Cc1cccc(N2CCN(C(=O)Nc3nc4c(s3)CCCCC4)CC2)c1. The highest BCUT2D eigenvalue weighted by atomic mass is 32.1. The summed E-state index contributed by atoms with van der Waals surface area (Å²) in [4.78, 5) is 22.9. The van der Waals surface area contributed by atoms with Gasteiger partial charge in [-0.1, -0.05) is 18.6 Å². The number of carbonyl (C=O) groups is 1. The topological polar surface area (TPSA) is 48.5 Å². The lowest BCUT2D eigenvalue weighted by Gasteiger charge is -2.36. The van der Waals surface area contributed by atoms with Crippen LogP contribution in [0.4, 0.5) is 15.6 Å². The van der Waals surface area contributed by atoms with Crippen molar-refractivity contribution in [1.82, 2.24) is 9.88 Å². The van der Waals surface area contributed by atoms with Crippen molar-refractivity contribution in [3.05, 3.63) is 40.4 Å². The smallest absolute Gasteiger partial charge is 0.323 e. The summed E-state index contributed by atoms with van der Waals surface area (Å²) in [6.07, 6.45) is 5.90. The van der Waals surface area contributed by atoms with Gasteiger partial charge in [-0.05, 0) is 50.3 Å². The Morgan fingerprint density at radius 2 is 1.92 bits per heavy atom. The van der Waals surface area contributed by atoms with E-state index in [0.29, 0.717) is 0 Å². The molecule has 2 aromatic rings. The van der Waals surface area contributed by atoms with Crippen LogP contribution >= 0.6 is 11.3 Å². The Morgan fingerprint density at radius 1 is 1.12 bits per heavy atom. The van der Waals surface area contributed by atoms with Gasteiger partial charge in [-0.2, -0.15) is 0 Å². The van der Waals surface area contributed by atoms with Crippen LogP contribution in [0.5, 0.6) is 0 Å². The minimum atomic E-state index is -0.0159. The number of hydrogen-bond donors (Lipinski definition) is 1. The molecule has 1 aromatic carbocycles. The molecule has 2 amide bonds. The Bertz CT molecular complexity index is 756. The van der Waals surface area contributed by atoms with Crippen LogP contribution in [0.2, 0.25) is 0 Å². The molecule has 1 aliphatic heterocycles. The Kier molecular flexibility index (Phi) is 5.11. The zero-order valence-corrected chi connectivity index (χ0v) is 16.1. The molecule has 5 nitrogen and oxygen atoms in total. The molecule has 0 spiro atoms. The Labute approximate surface area is 159 Å². The summed E-state index contributed by atoms with van der Waals surface area (Å²) < 4.78 is 0. The third kappa shape index (κ3) is 3.85. The molecular weight excluding hydrogens is 344 g/mol. The molecule has 0 atom stereocenters. The molecule has 138 valence electrons. The van der Waals surface area contributed by atoms with Crippen LogP contribution in [0.15, 0.2) is 24.3 Å². The van der Waals surface area contributed by atoms with Gasteiger partial charge in [0.1, 0.15) is 0 Å². The number of anilines is 2. The molecule has 1 aliphatic carbocycles. The van der Waals surface area contributed by atoms with E-state index >= 15 is 0 Å². The first kappa shape index (κ1) is 17.3. The van der Waals surface area contributed by atoms with Gasteiger partial charge in [-0.15, -0.1) is 11.3 Å². The van der Waals surface area contributed by atoms with Crippen LogP contribution in [0.3, 0.4) is 0 Å². The summed E-state index contributed by atoms with van der Waals surface area (Å²) in [5.41, 5.74) is 3.71. The molecular formula is C20H26N4OS. The van der Waals surface area contributed by atoms with Gasteiger partial charge < -0.3 is 9.80 Å². The number of nitrogens with zero attached hydrogens (tertiary/aromatic N) is 3. The van der Waals surface area contributed by atoms with Gasteiger partial charge in [0.05, 0.1) is 5.69 Å². The van der Waals surface area contributed by atoms with E-state index in [1.54, 1.807) is 11.3 Å². The predicted molar refractivity (Wildman–Crippen MR) is 107 cm³/mol. The number of aryl methyl sites for hydroxylation is 3. The number of benzene rings is 1. The minimum Gasteiger partial charge on any atom is -0.368 e. The normalized spacial score (nSPS) is 17.6. The van der Waals surface area contributed by atoms with Gasteiger partial charge in [0, 0.05) is 36.7 Å². The summed E-state index contributed by atoms with van der Waals surface area (Å²) in [5.74, 6) is 0. The fourth-order valence-corrected chi connectivity index (χ4v) is 4.78. The number of carbonyl (C=O) groups excluding carboxylic acids is 1. The van der Waals surface area contributed by atoms with E-state index in [-0.39, 0.29) is 6.03 Å². The van der Waals surface area contributed by atoms with E-state index in [1.165, 1.54) is 41.1 Å². The Hall–Kier alpha value is -2.08. The van der Waals surface area contributed by atoms with E-state index in [9.17, 15) is 4.79 Å². The quantitative estimate of drug-likeness (QED) is 0.811. The van der Waals surface area contributed by atoms with Crippen LogP contribution in [0.1, 0.15) is 35.4 Å². The number of urea groups is 1. The molecule has 6 heteroatoms. The van der Waals surface area contributed by atoms with Crippen LogP contribution < -0.4 is 10.2 Å². The van der Waals surface area contributed by atoms with E-state index in [2.05, 4.69) is 46.4 Å². The van der Waals surface area contributed by atoms with Crippen molar-refractivity contribution < 1.29 is 4.79 Å². The lowest BCUT2D eigenvalue weighted by Crippen LogP contribution is -2.50. The molecule has 1 fully saturated rings.